The van der Waals surface area contributed by atoms with Gasteiger partial charge in [-0.15, -0.1) is 0 Å². The molecule has 1 aromatic carbocycles. The van der Waals surface area contributed by atoms with Crippen molar-refractivity contribution in [1.82, 2.24) is 9.78 Å². The van der Waals surface area contributed by atoms with E-state index in [1.54, 1.807) is 49.2 Å². The Hall–Kier alpha value is -2.52. The Morgan fingerprint density at radius 2 is 2.13 bits per heavy atom. The second-order valence-corrected chi connectivity index (χ2v) is 10.2. The summed E-state index contributed by atoms with van der Waals surface area (Å²) < 4.78 is 30.7. The number of rotatable bonds is 9. The van der Waals surface area contributed by atoms with Gasteiger partial charge in [0.1, 0.15) is 5.78 Å². The highest BCUT2D eigenvalue weighted by molar-refractivity contribution is 7.90. The number of amides is 1. The summed E-state index contributed by atoms with van der Waals surface area (Å²) in [4.78, 5) is 25.2. The summed E-state index contributed by atoms with van der Waals surface area (Å²) in [6.07, 6.45) is 5.27. The standard InChI is InChI=1S/C22H29N3O5S/c1-15-12-17(5-7-20(15)31(3,28)29)19(14-16-4-6-18(26)13-16)22(27)23-21-8-9-25(24-21)10-11-30-2/h5,7-9,12,16,19H,4,6,10-11,13-14H2,1-3H3,(H,23,24,27)/t16-,19+/m0/s1. The molecule has 1 saturated carbocycles. The van der Waals surface area contributed by atoms with Crippen molar-refractivity contribution in [2.24, 2.45) is 5.92 Å². The Morgan fingerprint density at radius 3 is 2.74 bits per heavy atom. The highest BCUT2D eigenvalue weighted by atomic mass is 32.2. The summed E-state index contributed by atoms with van der Waals surface area (Å²) >= 11 is 0. The van der Waals surface area contributed by atoms with E-state index in [9.17, 15) is 18.0 Å². The van der Waals surface area contributed by atoms with E-state index in [1.165, 1.54) is 6.26 Å². The van der Waals surface area contributed by atoms with Crippen LogP contribution >= 0.6 is 0 Å². The smallest absolute Gasteiger partial charge is 0.233 e. The minimum absolute atomic E-state index is 0.136. The third kappa shape index (κ3) is 6.01. The van der Waals surface area contributed by atoms with Gasteiger partial charge in [-0.25, -0.2) is 8.42 Å². The van der Waals surface area contributed by atoms with E-state index in [-0.39, 0.29) is 22.5 Å². The number of carbonyl (C=O) groups is 2. The summed E-state index contributed by atoms with van der Waals surface area (Å²) in [5, 5.41) is 7.21. The first kappa shape index (κ1) is 23.1. The van der Waals surface area contributed by atoms with Crippen LogP contribution in [0.3, 0.4) is 0 Å². The number of hydrogen-bond acceptors (Lipinski definition) is 6. The molecule has 0 aliphatic heterocycles. The van der Waals surface area contributed by atoms with Crippen molar-refractivity contribution in [3.05, 3.63) is 41.6 Å². The maximum absolute atomic E-state index is 13.2. The van der Waals surface area contributed by atoms with Crippen LogP contribution in [0, 0.1) is 12.8 Å². The van der Waals surface area contributed by atoms with Gasteiger partial charge in [0.15, 0.2) is 15.7 Å². The lowest BCUT2D eigenvalue weighted by atomic mass is 9.86. The molecule has 1 aliphatic carbocycles. The van der Waals surface area contributed by atoms with E-state index >= 15 is 0 Å². The summed E-state index contributed by atoms with van der Waals surface area (Å²) in [6.45, 7) is 2.82. The normalized spacial score (nSPS) is 17.6. The molecule has 0 unspecified atom stereocenters. The quantitative estimate of drug-likeness (QED) is 0.633. The molecule has 31 heavy (non-hydrogen) atoms. The highest BCUT2D eigenvalue weighted by Gasteiger charge is 2.30. The average molecular weight is 448 g/mol. The fourth-order valence-electron chi connectivity index (χ4n) is 4.08. The van der Waals surface area contributed by atoms with Crippen molar-refractivity contribution < 1.29 is 22.7 Å². The fourth-order valence-corrected chi connectivity index (χ4v) is 5.04. The number of aromatic nitrogens is 2. The monoisotopic (exact) mass is 447 g/mol. The number of sulfone groups is 1. The van der Waals surface area contributed by atoms with E-state index in [0.29, 0.717) is 43.8 Å². The lowest BCUT2D eigenvalue weighted by molar-refractivity contribution is -0.119. The maximum atomic E-state index is 13.2. The summed E-state index contributed by atoms with van der Waals surface area (Å²) in [6, 6.07) is 6.73. The summed E-state index contributed by atoms with van der Waals surface area (Å²) in [5.74, 6) is 0.0790. The molecule has 0 saturated heterocycles. The van der Waals surface area contributed by atoms with Crippen LogP contribution in [-0.4, -0.2) is 49.9 Å². The number of methoxy groups -OCH3 is 1. The highest BCUT2D eigenvalue weighted by Crippen LogP contribution is 2.34. The van der Waals surface area contributed by atoms with Gasteiger partial charge in [0.25, 0.3) is 0 Å². The summed E-state index contributed by atoms with van der Waals surface area (Å²) in [5.41, 5.74) is 1.34. The number of hydrogen-bond donors (Lipinski definition) is 1. The molecule has 1 fully saturated rings. The molecule has 1 aliphatic rings. The molecule has 8 nitrogen and oxygen atoms in total. The van der Waals surface area contributed by atoms with Crippen molar-refractivity contribution >= 4 is 27.3 Å². The number of Topliss-reactive ketones (excluding diaryl/α,β-unsaturated/α-hetero) is 1. The lowest BCUT2D eigenvalue weighted by Gasteiger charge is -2.21. The van der Waals surface area contributed by atoms with Crippen LogP contribution in [0.25, 0.3) is 0 Å². The number of nitrogens with zero attached hydrogens (tertiary/aromatic N) is 2. The minimum atomic E-state index is -3.35. The van der Waals surface area contributed by atoms with Gasteiger partial charge in [0.2, 0.25) is 5.91 Å². The predicted molar refractivity (Wildman–Crippen MR) is 117 cm³/mol. The van der Waals surface area contributed by atoms with E-state index < -0.39 is 15.8 Å². The average Bonchev–Trinajstić information content (AvgIpc) is 3.31. The zero-order valence-corrected chi connectivity index (χ0v) is 18.9. The van der Waals surface area contributed by atoms with Crippen molar-refractivity contribution in [3.8, 4) is 0 Å². The Labute approximate surface area is 182 Å². The first-order valence-electron chi connectivity index (χ1n) is 10.3. The van der Waals surface area contributed by atoms with Crippen LogP contribution < -0.4 is 5.32 Å². The van der Waals surface area contributed by atoms with Gasteiger partial charge in [0, 0.05) is 38.5 Å². The molecule has 2 aromatic rings. The first-order valence-corrected chi connectivity index (χ1v) is 12.2. The Balaban J connectivity index is 1.83. The van der Waals surface area contributed by atoms with Gasteiger partial charge in [0.05, 0.1) is 24.0 Å². The van der Waals surface area contributed by atoms with Crippen LogP contribution in [0.5, 0.6) is 0 Å². The summed E-state index contributed by atoms with van der Waals surface area (Å²) in [7, 11) is -1.73. The molecule has 3 rings (SSSR count). The van der Waals surface area contributed by atoms with Crippen LogP contribution in [0.1, 0.15) is 42.7 Å². The lowest BCUT2D eigenvalue weighted by Crippen LogP contribution is -2.24. The number of anilines is 1. The zero-order valence-electron chi connectivity index (χ0n) is 18.1. The third-order valence-corrected chi connectivity index (χ3v) is 6.91. The number of ketones is 1. The molecule has 1 amide bonds. The van der Waals surface area contributed by atoms with Crippen LogP contribution in [0.4, 0.5) is 5.82 Å². The van der Waals surface area contributed by atoms with Gasteiger partial charge in [-0.2, -0.15) is 5.10 Å². The molecular weight excluding hydrogens is 418 g/mol. The van der Waals surface area contributed by atoms with Crippen molar-refractivity contribution in [1.29, 1.82) is 0 Å². The Kier molecular flexibility index (Phi) is 7.27. The van der Waals surface area contributed by atoms with Crippen LogP contribution in [0.15, 0.2) is 35.4 Å². The number of ether oxygens (including phenoxy) is 1. The molecule has 0 radical (unpaired) electrons. The van der Waals surface area contributed by atoms with Gasteiger partial charge < -0.3 is 10.1 Å². The second kappa shape index (κ2) is 9.74. The number of benzene rings is 1. The van der Waals surface area contributed by atoms with Gasteiger partial charge >= 0.3 is 0 Å². The van der Waals surface area contributed by atoms with E-state index in [1.807, 2.05) is 0 Å². The topological polar surface area (TPSA) is 107 Å². The van der Waals surface area contributed by atoms with E-state index in [2.05, 4.69) is 10.4 Å². The number of nitrogens with one attached hydrogen (secondary N) is 1. The molecule has 168 valence electrons. The minimum Gasteiger partial charge on any atom is -0.383 e. The largest absolute Gasteiger partial charge is 0.383 e. The van der Waals surface area contributed by atoms with Gasteiger partial charge in [-0.3, -0.25) is 14.3 Å². The van der Waals surface area contributed by atoms with Crippen molar-refractivity contribution in [3.63, 3.8) is 0 Å². The first-order chi connectivity index (χ1) is 14.7. The van der Waals surface area contributed by atoms with Gasteiger partial charge in [-0.1, -0.05) is 12.1 Å². The molecule has 1 aromatic heterocycles. The molecule has 1 N–H and O–H groups in total. The van der Waals surface area contributed by atoms with Crippen LogP contribution in [0.2, 0.25) is 0 Å². The van der Waals surface area contributed by atoms with Crippen molar-refractivity contribution in [2.75, 3.05) is 25.3 Å². The Morgan fingerprint density at radius 1 is 1.35 bits per heavy atom. The van der Waals surface area contributed by atoms with Gasteiger partial charge in [-0.05, 0) is 42.9 Å². The van der Waals surface area contributed by atoms with Crippen molar-refractivity contribution in [2.45, 2.75) is 50.0 Å². The predicted octanol–water partition coefficient (Wildman–Crippen LogP) is 2.72. The number of aryl methyl sites for hydroxylation is 1. The third-order valence-electron chi connectivity index (χ3n) is 5.65. The molecule has 0 bridgehead atoms. The molecule has 0 spiro atoms. The van der Waals surface area contributed by atoms with E-state index in [0.717, 1.165) is 12.0 Å². The molecule has 9 heteroatoms. The second-order valence-electron chi connectivity index (χ2n) is 8.18. The number of carbonyl (C=O) groups excluding carboxylic acids is 2. The van der Waals surface area contributed by atoms with E-state index in [4.69, 9.17) is 4.74 Å². The maximum Gasteiger partial charge on any atom is 0.233 e. The molecule has 1 heterocycles. The van der Waals surface area contributed by atoms with Crippen LogP contribution in [-0.2, 0) is 30.7 Å². The fraction of sp³-hybridized carbons (Fsp3) is 0.500. The Bertz CT molecular complexity index is 1060. The SMILES string of the molecule is COCCn1ccc(NC(=O)[C@H](C[C@H]2CCC(=O)C2)c2ccc(S(C)(=O)=O)c(C)c2)n1. The molecule has 2 atom stereocenters. The zero-order chi connectivity index (χ0) is 22.6. The molecular formula is C22H29N3O5S.